The summed E-state index contributed by atoms with van der Waals surface area (Å²) in [6, 6.07) is 6.14. The number of hydrogen-bond acceptors (Lipinski definition) is 3. The van der Waals surface area contributed by atoms with Gasteiger partial charge in [-0.25, -0.2) is 4.99 Å². The Labute approximate surface area is 169 Å². The summed E-state index contributed by atoms with van der Waals surface area (Å²) >= 11 is 0. The maximum absolute atomic E-state index is 9.17. The van der Waals surface area contributed by atoms with Crippen molar-refractivity contribution < 1.29 is 9.84 Å². The van der Waals surface area contributed by atoms with Gasteiger partial charge in [-0.1, -0.05) is 25.5 Å². The van der Waals surface area contributed by atoms with Crippen LogP contribution < -0.4 is 15.4 Å². The maximum Gasteiger partial charge on any atom is 0.191 e. The zero-order valence-corrected chi connectivity index (χ0v) is 18.3. The first-order valence-electron chi connectivity index (χ1n) is 8.91. The summed E-state index contributed by atoms with van der Waals surface area (Å²) in [7, 11) is 1.69. The monoisotopic (exact) mass is 463 g/mol. The highest BCUT2D eigenvalue weighted by Gasteiger charge is 2.08. The molecular formula is C19H34IN3O2. The van der Waals surface area contributed by atoms with Crippen molar-refractivity contribution in [1.29, 1.82) is 0 Å². The fraction of sp³-hybridized carbons (Fsp3) is 0.632. The highest BCUT2D eigenvalue weighted by molar-refractivity contribution is 14.0. The Bertz CT molecular complexity index is 503. The first-order valence-corrected chi connectivity index (χ1v) is 8.91. The molecule has 0 aromatic heterocycles. The number of hydrogen-bond donors (Lipinski definition) is 3. The van der Waals surface area contributed by atoms with E-state index in [1.54, 1.807) is 7.11 Å². The van der Waals surface area contributed by atoms with Crippen LogP contribution in [0.4, 0.5) is 0 Å². The molecular weight excluding hydrogens is 429 g/mol. The van der Waals surface area contributed by atoms with Crippen LogP contribution in [0.3, 0.4) is 0 Å². The Hall–Kier alpha value is -1.02. The average Bonchev–Trinajstić information content (AvgIpc) is 2.57. The number of halogens is 1. The number of aryl methyl sites for hydroxylation is 1. The molecule has 144 valence electrons. The highest BCUT2D eigenvalue weighted by Crippen LogP contribution is 2.18. The molecule has 0 bridgehead atoms. The van der Waals surface area contributed by atoms with Crippen molar-refractivity contribution in [3.63, 3.8) is 0 Å². The van der Waals surface area contributed by atoms with Gasteiger partial charge in [-0.2, -0.15) is 0 Å². The van der Waals surface area contributed by atoms with Crippen molar-refractivity contribution in [3.05, 3.63) is 29.3 Å². The lowest BCUT2D eigenvalue weighted by Crippen LogP contribution is -2.40. The molecule has 0 heterocycles. The quantitative estimate of drug-likeness (QED) is 0.283. The highest BCUT2D eigenvalue weighted by atomic mass is 127. The molecule has 1 unspecified atom stereocenters. The van der Waals surface area contributed by atoms with Crippen LogP contribution in [0.2, 0.25) is 0 Å². The smallest absolute Gasteiger partial charge is 0.191 e. The van der Waals surface area contributed by atoms with Crippen LogP contribution in [0.5, 0.6) is 5.75 Å². The summed E-state index contributed by atoms with van der Waals surface area (Å²) < 4.78 is 5.29. The van der Waals surface area contributed by atoms with E-state index >= 15 is 0 Å². The number of benzene rings is 1. The van der Waals surface area contributed by atoms with Gasteiger partial charge in [-0.15, -0.1) is 24.0 Å². The molecule has 0 saturated carbocycles. The van der Waals surface area contributed by atoms with Gasteiger partial charge in [0.25, 0.3) is 0 Å². The number of rotatable bonds is 10. The van der Waals surface area contributed by atoms with Gasteiger partial charge in [0.05, 0.1) is 13.7 Å². The molecule has 0 saturated heterocycles. The van der Waals surface area contributed by atoms with E-state index in [9.17, 15) is 0 Å². The topological polar surface area (TPSA) is 65.9 Å². The number of methoxy groups -OCH3 is 1. The minimum absolute atomic E-state index is 0. The molecule has 1 atom stereocenters. The van der Waals surface area contributed by atoms with Crippen LogP contribution in [-0.4, -0.2) is 37.9 Å². The van der Waals surface area contributed by atoms with Gasteiger partial charge >= 0.3 is 0 Å². The van der Waals surface area contributed by atoms with Gasteiger partial charge in [0.2, 0.25) is 0 Å². The van der Waals surface area contributed by atoms with Gasteiger partial charge in [-0.05, 0) is 49.8 Å². The zero-order valence-electron chi connectivity index (χ0n) is 16.0. The molecule has 6 heteroatoms. The normalized spacial score (nSPS) is 12.3. The minimum Gasteiger partial charge on any atom is -0.496 e. The van der Waals surface area contributed by atoms with Crippen LogP contribution in [0, 0.1) is 12.8 Å². The lowest BCUT2D eigenvalue weighted by atomic mass is 10.0. The predicted octanol–water partition coefficient (Wildman–Crippen LogP) is 3.48. The van der Waals surface area contributed by atoms with Crippen LogP contribution in [0.25, 0.3) is 0 Å². The fourth-order valence-corrected chi connectivity index (χ4v) is 2.73. The summed E-state index contributed by atoms with van der Waals surface area (Å²) in [4.78, 5) is 4.66. The third-order valence-corrected chi connectivity index (χ3v) is 4.02. The van der Waals surface area contributed by atoms with Gasteiger partial charge < -0.3 is 20.5 Å². The van der Waals surface area contributed by atoms with Crippen LogP contribution in [0.15, 0.2) is 23.2 Å². The Kier molecular flexibility index (Phi) is 13.6. The Balaban J connectivity index is 0.00000576. The summed E-state index contributed by atoms with van der Waals surface area (Å²) in [5, 5.41) is 15.9. The summed E-state index contributed by atoms with van der Waals surface area (Å²) in [5.41, 5.74) is 2.28. The van der Waals surface area contributed by atoms with Gasteiger partial charge in [0.15, 0.2) is 5.96 Å². The predicted molar refractivity (Wildman–Crippen MR) is 116 cm³/mol. The molecule has 0 aliphatic rings. The van der Waals surface area contributed by atoms with Gasteiger partial charge in [-0.3, -0.25) is 0 Å². The van der Waals surface area contributed by atoms with E-state index in [0.717, 1.165) is 55.2 Å². The van der Waals surface area contributed by atoms with E-state index in [4.69, 9.17) is 9.84 Å². The maximum atomic E-state index is 9.17. The first-order chi connectivity index (χ1) is 11.6. The number of aliphatic hydroxyl groups excluding tert-OH is 1. The van der Waals surface area contributed by atoms with E-state index in [1.807, 2.05) is 19.1 Å². The molecule has 0 radical (unpaired) electrons. The Morgan fingerprint density at radius 2 is 2.00 bits per heavy atom. The standard InChI is InChI=1S/C19H33N3O2.HI/c1-5-7-16(10-11-23)13-21-19(20-6-2)22-14-17-8-9-18(24-4)15(3)12-17;/h8-9,12,16,23H,5-7,10-11,13-14H2,1-4H3,(H2,20,21,22);1H. The van der Waals surface area contributed by atoms with Crippen molar-refractivity contribution in [2.24, 2.45) is 10.9 Å². The Morgan fingerprint density at radius 1 is 1.24 bits per heavy atom. The van der Waals surface area contributed by atoms with Crippen molar-refractivity contribution in [2.45, 2.75) is 46.6 Å². The number of nitrogens with zero attached hydrogens (tertiary/aromatic N) is 1. The Morgan fingerprint density at radius 3 is 2.56 bits per heavy atom. The third-order valence-electron chi connectivity index (χ3n) is 4.02. The molecule has 0 fully saturated rings. The van der Waals surface area contributed by atoms with Gasteiger partial charge in [0.1, 0.15) is 5.75 Å². The van der Waals surface area contributed by atoms with E-state index in [-0.39, 0.29) is 30.6 Å². The van der Waals surface area contributed by atoms with Crippen molar-refractivity contribution >= 4 is 29.9 Å². The molecule has 1 rings (SSSR count). The van der Waals surface area contributed by atoms with Crippen LogP contribution >= 0.6 is 24.0 Å². The van der Waals surface area contributed by atoms with Crippen LogP contribution in [-0.2, 0) is 6.54 Å². The lowest BCUT2D eigenvalue weighted by molar-refractivity contribution is 0.251. The number of aliphatic imine (C=N–C) groups is 1. The lowest BCUT2D eigenvalue weighted by Gasteiger charge is -2.18. The number of ether oxygens (including phenoxy) is 1. The largest absolute Gasteiger partial charge is 0.496 e. The van der Waals surface area contributed by atoms with Crippen molar-refractivity contribution in [2.75, 3.05) is 26.8 Å². The number of nitrogens with one attached hydrogen (secondary N) is 2. The SMILES string of the molecule is CCCC(CCO)CNC(=NCc1ccc(OC)c(C)c1)NCC.I. The summed E-state index contributed by atoms with van der Waals surface area (Å²) in [5.74, 6) is 2.20. The minimum atomic E-state index is 0. The van der Waals surface area contributed by atoms with E-state index < -0.39 is 0 Å². The van der Waals surface area contributed by atoms with Crippen molar-refractivity contribution in [1.82, 2.24) is 10.6 Å². The zero-order chi connectivity index (χ0) is 17.8. The molecule has 1 aromatic rings. The molecule has 1 aromatic carbocycles. The second kappa shape index (κ2) is 14.2. The second-order valence-electron chi connectivity index (χ2n) is 6.05. The van der Waals surface area contributed by atoms with Crippen molar-refractivity contribution in [3.8, 4) is 5.75 Å². The molecule has 25 heavy (non-hydrogen) atoms. The fourth-order valence-electron chi connectivity index (χ4n) is 2.73. The van der Waals surface area contributed by atoms with E-state index in [2.05, 4.69) is 35.5 Å². The second-order valence-corrected chi connectivity index (χ2v) is 6.05. The summed E-state index contributed by atoms with van der Waals surface area (Å²) in [6.07, 6.45) is 3.08. The number of guanidine groups is 1. The molecule has 3 N–H and O–H groups in total. The van der Waals surface area contributed by atoms with Gasteiger partial charge in [0, 0.05) is 19.7 Å². The molecule has 0 aliphatic heterocycles. The molecule has 5 nitrogen and oxygen atoms in total. The van der Waals surface area contributed by atoms with Crippen LogP contribution in [0.1, 0.15) is 44.2 Å². The van der Waals surface area contributed by atoms with E-state index in [1.165, 1.54) is 0 Å². The first kappa shape index (κ1) is 24.0. The summed E-state index contributed by atoms with van der Waals surface area (Å²) in [6.45, 7) is 8.80. The number of aliphatic hydroxyl groups is 1. The molecule has 0 spiro atoms. The average molecular weight is 463 g/mol. The third kappa shape index (κ3) is 9.30. The molecule has 0 amide bonds. The van der Waals surface area contributed by atoms with E-state index in [0.29, 0.717) is 12.5 Å². The molecule has 0 aliphatic carbocycles.